The van der Waals surface area contributed by atoms with Crippen LogP contribution in [0.25, 0.3) is 0 Å². The van der Waals surface area contributed by atoms with E-state index < -0.39 is 0 Å². The second kappa shape index (κ2) is 12.1. The van der Waals surface area contributed by atoms with Crippen molar-refractivity contribution in [2.45, 2.75) is 13.8 Å². The molecule has 0 aliphatic carbocycles. The molecule has 0 heterocycles. The number of rotatable bonds is 0. The average Bonchev–Trinajstić information content (AvgIpc) is 2.81. The Morgan fingerprint density at radius 1 is 0.875 bits per heavy atom. The maximum absolute atomic E-state index is 3.25. The van der Waals surface area contributed by atoms with Gasteiger partial charge in [-0.05, 0) is 0 Å². The molecule has 0 bridgehead atoms. The molecule has 0 amide bonds. The van der Waals surface area contributed by atoms with Gasteiger partial charge in [-0.25, -0.2) is 43.8 Å². The molecule has 2 aromatic carbocycles. The molecular weight excluding hydrogens is 273 g/mol. The SMILES string of the molecule is C=C[CH2-].C[c-]1cccc1.C[c-]1cccc1.[Nb+3]. The Balaban J connectivity index is 0. The summed E-state index contributed by atoms with van der Waals surface area (Å²) in [6, 6.07) is 16.5. The Kier molecular flexibility index (Phi) is 13.2. The van der Waals surface area contributed by atoms with Gasteiger partial charge in [-0.15, -0.1) is 0 Å². The molecule has 0 radical (unpaired) electrons. The Bertz CT molecular complexity index is 282. The molecule has 0 aliphatic rings. The first-order valence-electron chi connectivity index (χ1n) is 4.97. The van der Waals surface area contributed by atoms with Gasteiger partial charge in [0.25, 0.3) is 0 Å². The van der Waals surface area contributed by atoms with Crippen molar-refractivity contribution in [1.82, 2.24) is 0 Å². The molecule has 1 heteroatoms. The standard InChI is InChI=1S/2C6H7.C3H5.Nb/c2*1-6-4-2-3-5-6;1-3-2;/h2*2-5H,1H3;3H,1-2H2;/q3*-1;+3. The van der Waals surface area contributed by atoms with Crippen LogP contribution in [-0.2, 0) is 22.4 Å². The van der Waals surface area contributed by atoms with E-state index in [1.165, 1.54) is 17.2 Å². The molecule has 0 spiro atoms. The molecule has 0 saturated heterocycles. The molecule has 0 unspecified atom stereocenters. The van der Waals surface area contributed by atoms with Crippen molar-refractivity contribution in [2.75, 3.05) is 0 Å². The summed E-state index contributed by atoms with van der Waals surface area (Å²) in [5.74, 6) is 0. The van der Waals surface area contributed by atoms with E-state index >= 15 is 0 Å². The van der Waals surface area contributed by atoms with E-state index in [0.29, 0.717) is 0 Å². The second-order valence-electron chi connectivity index (χ2n) is 3.21. The summed E-state index contributed by atoms with van der Waals surface area (Å²) >= 11 is 0. The Hall–Kier alpha value is -0.950. The fourth-order valence-corrected chi connectivity index (χ4v) is 0.940. The van der Waals surface area contributed by atoms with Crippen LogP contribution in [0, 0.1) is 20.8 Å². The summed E-state index contributed by atoms with van der Waals surface area (Å²) in [6.45, 7) is 10.7. The summed E-state index contributed by atoms with van der Waals surface area (Å²) in [6.07, 6.45) is 1.50. The van der Waals surface area contributed by atoms with Crippen LogP contribution < -0.4 is 0 Å². The molecule has 2 rings (SSSR count). The smallest absolute Gasteiger partial charge is 0.245 e. The second-order valence-corrected chi connectivity index (χ2v) is 3.21. The van der Waals surface area contributed by atoms with Crippen molar-refractivity contribution >= 4 is 0 Å². The molecule has 0 fully saturated rings. The van der Waals surface area contributed by atoms with Crippen LogP contribution in [0.5, 0.6) is 0 Å². The summed E-state index contributed by atoms with van der Waals surface area (Å²) in [5.41, 5.74) is 2.69. The monoisotopic (exact) mass is 292 g/mol. The van der Waals surface area contributed by atoms with Crippen molar-refractivity contribution in [3.63, 3.8) is 0 Å². The summed E-state index contributed by atoms with van der Waals surface area (Å²) < 4.78 is 0. The molecule has 0 aromatic heterocycles. The van der Waals surface area contributed by atoms with Crippen molar-refractivity contribution in [2.24, 2.45) is 0 Å². The summed E-state index contributed by atoms with van der Waals surface area (Å²) in [5, 5.41) is 0. The molecule has 0 aliphatic heterocycles. The van der Waals surface area contributed by atoms with Crippen LogP contribution in [0.1, 0.15) is 11.1 Å². The number of aryl methyl sites for hydroxylation is 2. The van der Waals surface area contributed by atoms with E-state index in [1.807, 2.05) is 24.3 Å². The van der Waals surface area contributed by atoms with Gasteiger partial charge in [0.2, 0.25) is 0 Å². The number of allylic oxidation sites excluding steroid dienone is 1. The minimum atomic E-state index is 0. The average molecular weight is 292 g/mol. The maximum Gasteiger partial charge on any atom is 3.00 e. The molecule has 0 saturated carbocycles. The third-order valence-corrected chi connectivity index (χ3v) is 1.66. The first-order valence-corrected chi connectivity index (χ1v) is 4.97. The van der Waals surface area contributed by atoms with Crippen LogP contribution in [0.15, 0.2) is 61.2 Å². The van der Waals surface area contributed by atoms with Crippen LogP contribution in [-0.4, -0.2) is 0 Å². The fourth-order valence-electron chi connectivity index (χ4n) is 0.940. The van der Waals surface area contributed by atoms with E-state index in [-0.39, 0.29) is 22.4 Å². The van der Waals surface area contributed by atoms with Crippen LogP contribution in [0.4, 0.5) is 0 Å². The molecular formula is C15H19Nb. The molecule has 0 atom stereocenters. The maximum atomic E-state index is 3.25. The summed E-state index contributed by atoms with van der Waals surface area (Å²) in [4.78, 5) is 0. The van der Waals surface area contributed by atoms with Gasteiger partial charge in [-0.1, -0.05) is 13.8 Å². The molecule has 0 N–H and O–H groups in total. The Labute approximate surface area is 115 Å². The van der Waals surface area contributed by atoms with Crippen molar-refractivity contribution in [1.29, 1.82) is 0 Å². The quantitative estimate of drug-likeness (QED) is 0.497. The van der Waals surface area contributed by atoms with Crippen LogP contribution >= 0.6 is 0 Å². The van der Waals surface area contributed by atoms with E-state index in [1.54, 1.807) is 0 Å². The molecule has 16 heavy (non-hydrogen) atoms. The largest absolute Gasteiger partial charge is 3.00 e. The topological polar surface area (TPSA) is 0 Å². The first kappa shape index (κ1) is 17.4. The van der Waals surface area contributed by atoms with Crippen molar-refractivity contribution in [3.8, 4) is 0 Å². The molecule has 84 valence electrons. The van der Waals surface area contributed by atoms with Gasteiger partial charge in [0.1, 0.15) is 0 Å². The minimum Gasteiger partial charge on any atom is -0.245 e. The van der Waals surface area contributed by atoms with Crippen LogP contribution in [0.3, 0.4) is 0 Å². The third kappa shape index (κ3) is 11.1. The van der Waals surface area contributed by atoms with Crippen molar-refractivity contribution in [3.05, 3.63) is 79.2 Å². The number of hydrogen-bond acceptors (Lipinski definition) is 0. The van der Waals surface area contributed by atoms with E-state index in [4.69, 9.17) is 0 Å². The van der Waals surface area contributed by atoms with Gasteiger partial charge in [0.15, 0.2) is 0 Å². The zero-order valence-corrected chi connectivity index (χ0v) is 12.3. The third-order valence-electron chi connectivity index (χ3n) is 1.66. The van der Waals surface area contributed by atoms with Gasteiger partial charge in [0, 0.05) is 0 Å². The van der Waals surface area contributed by atoms with Gasteiger partial charge in [-0.2, -0.15) is 35.4 Å². The zero-order chi connectivity index (χ0) is 11.5. The normalized spacial score (nSPS) is 7.38. The van der Waals surface area contributed by atoms with E-state index in [2.05, 4.69) is 51.6 Å². The van der Waals surface area contributed by atoms with Crippen molar-refractivity contribution < 1.29 is 22.4 Å². The van der Waals surface area contributed by atoms with Crippen LogP contribution in [0.2, 0.25) is 0 Å². The van der Waals surface area contributed by atoms with E-state index in [9.17, 15) is 0 Å². The predicted octanol–water partition coefficient (Wildman–Crippen LogP) is 4.43. The number of hydrogen-bond donors (Lipinski definition) is 0. The minimum absolute atomic E-state index is 0. The Morgan fingerprint density at radius 2 is 1.06 bits per heavy atom. The van der Waals surface area contributed by atoms with Gasteiger partial charge >= 0.3 is 22.4 Å². The van der Waals surface area contributed by atoms with E-state index in [0.717, 1.165) is 0 Å². The zero-order valence-electron chi connectivity index (χ0n) is 10.1. The molecule has 2 aromatic rings. The molecule has 0 nitrogen and oxygen atoms in total. The van der Waals surface area contributed by atoms with Gasteiger partial charge in [-0.3, -0.25) is 0 Å². The van der Waals surface area contributed by atoms with Gasteiger partial charge in [0.05, 0.1) is 0 Å². The fraction of sp³-hybridized carbons (Fsp3) is 0.133. The van der Waals surface area contributed by atoms with Gasteiger partial charge < -0.3 is 0 Å². The first-order chi connectivity index (χ1) is 7.20. The summed E-state index contributed by atoms with van der Waals surface area (Å²) in [7, 11) is 0. The predicted molar refractivity (Wildman–Crippen MR) is 69.1 cm³/mol. The Morgan fingerprint density at radius 3 is 1.12 bits per heavy atom.